The number of carbonyl (C=O) groups excluding carboxylic acids is 1. The van der Waals surface area contributed by atoms with E-state index < -0.39 is 0 Å². The summed E-state index contributed by atoms with van der Waals surface area (Å²) in [5.74, 6) is 0.543. The highest BCUT2D eigenvalue weighted by Gasteiger charge is 2.40. The molecule has 1 aliphatic rings. The molecule has 1 aromatic heterocycles. The molecule has 1 N–H and O–H groups in total. The van der Waals surface area contributed by atoms with Crippen molar-refractivity contribution >= 4 is 17.2 Å². The smallest absolute Gasteiger partial charge is 0.241 e. The van der Waals surface area contributed by atoms with E-state index in [4.69, 9.17) is 4.74 Å². The van der Waals surface area contributed by atoms with Crippen LogP contribution in [0.15, 0.2) is 16.8 Å². The van der Waals surface area contributed by atoms with Crippen LogP contribution in [0.5, 0.6) is 0 Å². The van der Waals surface area contributed by atoms with Gasteiger partial charge in [-0.2, -0.15) is 11.3 Å². The first-order chi connectivity index (χ1) is 9.65. The minimum Gasteiger partial charge on any atom is -0.385 e. The van der Waals surface area contributed by atoms with Crippen molar-refractivity contribution in [3.63, 3.8) is 0 Å². The Bertz CT molecular complexity index is 420. The summed E-state index contributed by atoms with van der Waals surface area (Å²) >= 11 is 1.67. The predicted octanol–water partition coefficient (Wildman–Crippen LogP) is 2.63. The number of methoxy groups -OCH3 is 1. The number of thiophene rings is 1. The van der Waals surface area contributed by atoms with Gasteiger partial charge in [-0.25, -0.2) is 0 Å². The van der Waals surface area contributed by atoms with Gasteiger partial charge in [0.15, 0.2) is 0 Å². The summed E-state index contributed by atoms with van der Waals surface area (Å²) in [5, 5.41) is 7.67. The molecule has 0 radical (unpaired) electrons. The molecule has 2 unspecified atom stereocenters. The Morgan fingerprint density at radius 2 is 2.25 bits per heavy atom. The molecular formula is C15H24N2O2S. The minimum absolute atomic E-state index is 0.0312. The normalized spacial score (nSPS) is 23.0. The fourth-order valence-electron chi connectivity index (χ4n) is 2.59. The Balaban J connectivity index is 2.05. The highest BCUT2D eigenvalue weighted by atomic mass is 32.1. The Labute approximate surface area is 125 Å². The first kappa shape index (κ1) is 15.5. The second-order valence-corrected chi connectivity index (χ2v) is 6.36. The zero-order chi connectivity index (χ0) is 14.5. The second kappa shape index (κ2) is 7.20. The van der Waals surface area contributed by atoms with E-state index in [0.29, 0.717) is 5.92 Å². The van der Waals surface area contributed by atoms with Gasteiger partial charge in [-0.1, -0.05) is 13.8 Å². The number of rotatable bonds is 7. The third-order valence-electron chi connectivity index (χ3n) is 3.72. The van der Waals surface area contributed by atoms with Crippen molar-refractivity contribution in [3.05, 3.63) is 22.4 Å². The summed E-state index contributed by atoms with van der Waals surface area (Å²) < 4.78 is 5.07. The summed E-state index contributed by atoms with van der Waals surface area (Å²) in [4.78, 5) is 14.5. The lowest BCUT2D eigenvalue weighted by Gasteiger charge is -2.23. The summed E-state index contributed by atoms with van der Waals surface area (Å²) in [7, 11) is 1.71. The minimum atomic E-state index is -0.0673. The molecule has 1 amide bonds. The number of hydrogen-bond donors (Lipinski definition) is 1. The van der Waals surface area contributed by atoms with E-state index in [1.165, 1.54) is 5.56 Å². The molecule has 2 rings (SSSR count). The van der Waals surface area contributed by atoms with E-state index in [9.17, 15) is 4.79 Å². The molecular weight excluding hydrogens is 272 g/mol. The van der Waals surface area contributed by atoms with E-state index in [1.54, 1.807) is 18.4 Å². The number of amides is 1. The number of carbonyl (C=O) groups is 1. The van der Waals surface area contributed by atoms with Crippen molar-refractivity contribution < 1.29 is 9.53 Å². The molecule has 0 aliphatic carbocycles. The predicted molar refractivity (Wildman–Crippen MR) is 81.6 cm³/mol. The number of nitrogens with one attached hydrogen (secondary N) is 1. The van der Waals surface area contributed by atoms with Crippen LogP contribution < -0.4 is 5.32 Å². The number of nitrogens with zero attached hydrogens (tertiary/aromatic N) is 1. The lowest BCUT2D eigenvalue weighted by atomic mass is 10.1. The zero-order valence-corrected chi connectivity index (χ0v) is 13.3. The molecule has 2 atom stereocenters. The Hall–Kier alpha value is -0.910. The molecule has 1 aromatic rings. The van der Waals surface area contributed by atoms with Crippen molar-refractivity contribution in [2.45, 2.75) is 38.9 Å². The Morgan fingerprint density at radius 1 is 1.45 bits per heavy atom. The molecule has 5 heteroatoms. The van der Waals surface area contributed by atoms with Crippen molar-refractivity contribution in [2.75, 3.05) is 20.3 Å². The van der Waals surface area contributed by atoms with Gasteiger partial charge in [-0.05, 0) is 41.1 Å². The quantitative estimate of drug-likeness (QED) is 0.787. The van der Waals surface area contributed by atoms with Crippen LogP contribution in [-0.2, 0) is 9.53 Å². The SMILES string of the molecule is COCCCCN1C(=O)C(C(C)C)NC1c1ccsc1. The van der Waals surface area contributed by atoms with Gasteiger partial charge >= 0.3 is 0 Å². The monoisotopic (exact) mass is 296 g/mol. The molecule has 112 valence electrons. The highest BCUT2D eigenvalue weighted by Crippen LogP contribution is 2.29. The molecule has 1 aliphatic heterocycles. The molecule has 0 spiro atoms. The van der Waals surface area contributed by atoms with E-state index in [0.717, 1.165) is 26.0 Å². The number of ether oxygens (including phenoxy) is 1. The maximum absolute atomic E-state index is 12.6. The average molecular weight is 296 g/mol. The molecule has 1 saturated heterocycles. The topological polar surface area (TPSA) is 41.6 Å². The van der Waals surface area contributed by atoms with Gasteiger partial charge in [0.2, 0.25) is 5.91 Å². The van der Waals surface area contributed by atoms with Gasteiger partial charge in [0.05, 0.1) is 6.04 Å². The Morgan fingerprint density at radius 3 is 2.85 bits per heavy atom. The van der Waals surface area contributed by atoms with Crippen molar-refractivity contribution in [1.29, 1.82) is 0 Å². The van der Waals surface area contributed by atoms with Gasteiger partial charge in [-0.15, -0.1) is 0 Å². The van der Waals surface area contributed by atoms with Crippen LogP contribution in [-0.4, -0.2) is 37.1 Å². The fraction of sp³-hybridized carbons (Fsp3) is 0.667. The lowest BCUT2D eigenvalue weighted by molar-refractivity contribution is -0.130. The standard InChI is InChI=1S/C15H24N2O2S/c1-11(2)13-15(18)17(7-4-5-8-19-3)14(16-13)12-6-9-20-10-12/h6,9-11,13-14,16H,4-5,7-8H2,1-3H3. The summed E-state index contributed by atoms with van der Waals surface area (Å²) in [6, 6.07) is 2.03. The molecule has 1 fully saturated rings. The van der Waals surface area contributed by atoms with Crippen molar-refractivity contribution in [2.24, 2.45) is 5.92 Å². The maximum Gasteiger partial charge on any atom is 0.241 e. The summed E-state index contributed by atoms with van der Waals surface area (Å²) in [6.07, 6.45) is 2.00. The van der Waals surface area contributed by atoms with Crippen molar-refractivity contribution in [1.82, 2.24) is 10.2 Å². The lowest BCUT2D eigenvalue weighted by Crippen LogP contribution is -2.35. The zero-order valence-electron chi connectivity index (χ0n) is 12.5. The van der Waals surface area contributed by atoms with Gasteiger partial charge in [0, 0.05) is 20.3 Å². The highest BCUT2D eigenvalue weighted by molar-refractivity contribution is 7.07. The van der Waals surface area contributed by atoms with Crippen LogP contribution in [0.25, 0.3) is 0 Å². The number of unbranched alkanes of at least 4 members (excludes halogenated alkanes) is 1. The van der Waals surface area contributed by atoms with Gasteiger partial charge < -0.3 is 9.64 Å². The first-order valence-electron chi connectivity index (χ1n) is 7.22. The maximum atomic E-state index is 12.6. The van der Waals surface area contributed by atoms with Crippen LogP contribution in [0.3, 0.4) is 0 Å². The third-order valence-corrected chi connectivity index (χ3v) is 4.42. The van der Waals surface area contributed by atoms with Crippen LogP contribution in [0.4, 0.5) is 0 Å². The van der Waals surface area contributed by atoms with Crippen LogP contribution in [0.2, 0.25) is 0 Å². The van der Waals surface area contributed by atoms with E-state index in [1.807, 2.05) is 4.90 Å². The summed E-state index contributed by atoms with van der Waals surface area (Å²) in [5.41, 5.74) is 1.19. The van der Waals surface area contributed by atoms with Crippen LogP contribution in [0.1, 0.15) is 38.4 Å². The van der Waals surface area contributed by atoms with E-state index >= 15 is 0 Å². The van der Waals surface area contributed by atoms with Gasteiger partial charge in [0.25, 0.3) is 0 Å². The fourth-order valence-corrected chi connectivity index (χ4v) is 3.27. The Kier molecular flexibility index (Phi) is 5.57. The van der Waals surface area contributed by atoms with E-state index in [2.05, 4.69) is 36.0 Å². The van der Waals surface area contributed by atoms with Crippen molar-refractivity contribution in [3.8, 4) is 0 Å². The molecule has 4 nitrogen and oxygen atoms in total. The van der Waals surface area contributed by atoms with Crippen LogP contribution >= 0.6 is 11.3 Å². The van der Waals surface area contributed by atoms with Crippen LogP contribution in [0, 0.1) is 5.92 Å². The largest absolute Gasteiger partial charge is 0.385 e. The molecule has 0 saturated carbocycles. The second-order valence-electron chi connectivity index (χ2n) is 5.58. The van der Waals surface area contributed by atoms with Gasteiger partial charge in [-0.3, -0.25) is 10.1 Å². The van der Waals surface area contributed by atoms with E-state index in [-0.39, 0.29) is 18.1 Å². The van der Waals surface area contributed by atoms with Gasteiger partial charge in [0.1, 0.15) is 6.17 Å². The number of hydrogen-bond acceptors (Lipinski definition) is 4. The third kappa shape index (κ3) is 3.40. The summed E-state index contributed by atoms with van der Waals surface area (Å²) in [6.45, 7) is 5.73. The molecule has 0 bridgehead atoms. The molecule has 20 heavy (non-hydrogen) atoms. The first-order valence-corrected chi connectivity index (χ1v) is 8.17. The average Bonchev–Trinajstić information content (AvgIpc) is 3.03. The molecule has 0 aromatic carbocycles. The molecule has 2 heterocycles.